The van der Waals surface area contributed by atoms with Gasteiger partial charge in [0, 0.05) is 36.7 Å². The second kappa shape index (κ2) is 9.93. The first-order valence-corrected chi connectivity index (χ1v) is 11.7. The normalized spacial score (nSPS) is 18.9. The Morgan fingerprint density at radius 1 is 1.09 bits per heavy atom. The van der Waals surface area contributed by atoms with Crippen LogP contribution in [0.3, 0.4) is 0 Å². The van der Waals surface area contributed by atoms with Crippen LogP contribution in [-0.2, 0) is 4.74 Å². The first-order chi connectivity index (χ1) is 16.6. The van der Waals surface area contributed by atoms with E-state index < -0.39 is 11.6 Å². The van der Waals surface area contributed by atoms with E-state index in [4.69, 9.17) is 9.47 Å². The fourth-order valence-corrected chi connectivity index (χ4v) is 4.55. The van der Waals surface area contributed by atoms with Gasteiger partial charge in [-0.05, 0) is 68.1 Å². The zero-order valence-corrected chi connectivity index (χ0v) is 18.8. The molecule has 5 rings (SSSR count). The highest BCUT2D eigenvalue weighted by atomic mass is 19.2. The molecule has 8 heteroatoms. The highest BCUT2D eigenvalue weighted by Gasteiger charge is 2.26. The number of nitrogens with one attached hydrogen (secondary N) is 1. The van der Waals surface area contributed by atoms with Crippen molar-refractivity contribution in [2.45, 2.75) is 37.7 Å². The van der Waals surface area contributed by atoms with Gasteiger partial charge in [0.1, 0.15) is 18.2 Å². The Bertz CT molecular complexity index is 1130. The molecule has 1 amide bonds. The molecule has 1 aromatic heterocycles. The maximum atomic E-state index is 13.6. The number of aromatic amines is 1. The van der Waals surface area contributed by atoms with Crippen molar-refractivity contribution < 1.29 is 23.0 Å². The number of ether oxygens (including phenoxy) is 2. The molecular weight excluding hydrogens is 440 g/mol. The van der Waals surface area contributed by atoms with Crippen LogP contribution in [-0.4, -0.2) is 53.2 Å². The summed E-state index contributed by atoms with van der Waals surface area (Å²) in [6.45, 7) is 2.59. The Kier molecular flexibility index (Phi) is 6.58. The van der Waals surface area contributed by atoms with Crippen LogP contribution in [0.25, 0.3) is 11.3 Å². The summed E-state index contributed by atoms with van der Waals surface area (Å²) in [5.74, 6) is -0.0352. The fraction of sp³-hybridized carbons (Fsp3) is 0.385. The first-order valence-electron chi connectivity index (χ1n) is 11.7. The molecule has 178 valence electrons. The fourth-order valence-electron chi connectivity index (χ4n) is 4.55. The van der Waals surface area contributed by atoms with Crippen LogP contribution in [0.15, 0.2) is 48.7 Å². The van der Waals surface area contributed by atoms with Crippen molar-refractivity contribution >= 4 is 5.91 Å². The summed E-state index contributed by atoms with van der Waals surface area (Å²) in [5, 5.41) is 0. The van der Waals surface area contributed by atoms with Crippen LogP contribution >= 0.6 is 0 Å². The Morgan fingerprint density at radius 2 is 1.88 bits per heavy atom. The number of hydrogen-bond acceptors (Lipinski definition) is 4. The minimum atomic E-state index is -0.886. The molecule has 0 aliphatic carbocycles. The van der Waals surface area contributed by atoms with E-state index in [1.165, 1.54) is 6.07 Å². The third kappa shape index (κ3) is 4.97. The molecule has 0 spiro atoms. The van der Waals surface area contributed by atoms with Crippen molar-refractivity contribution in [2.24, 2.45) is 0 Å². The number of halogens is 2. The average Bonchev–Trinajstić information content (AvgIpc) is 3.57. The number of H-pyrrole nitrogens is 1. The summed E-state index contributed by atoms with van der Waals surface area (Å²) < 4.78 is 38.1. The van der Waals surface area contributed by atoms with Crippen molar-refractivity contribution in [3.05, 3.63) is 71.7 Å². The number of benzene rings is 2. The molecule has 2 aromatic carbocycles. The summed E-state index contributed by atoms with van der Waals surface area (Å²) in [6.07, 6.45) is 5.45. The number of piperidine rings is 1. The molecule has 1 N–H and O–H groups in total. The Hall–Kier alpha value is -3.26. The number of imidazole rings is 1. The number of amides is 1. The molecule has 34 heavy (non-hydrogen) atoms. The van der Waals surface area contributed by atoms with E-state index in [1.807, 2.05) is 17.0 Å². The van der Waals surface area contributed by atoms with Crippen molar-refractivity contribution in [1.82, 2.24) is 14.9 Å². The van der Waals surface area contributed by atoms with Gasteiger partial charge in [-0.2, -0.15) is 0 Å². The summed E-state index contributed by atoms with van der Waals surface area (Å²) >= 11 is 0. The van der Waals surface area contributed by atoms with Gasteiger partial charge >= 0.3 is 0 Å². The van der Waals surface area contributed by atoms with Crippen LogP contribution in [0.5, 0.6) is 5.75 Å². The SMILES string of the molecule is O=C(c1ccc(OC[C@H]2CCCO2)cc1)N1CCC(c2ncc(-c3ccc(F)c(F)c3)[nH]2)CC1. The van der Waals surface area contributed by atoms with Gasteiger partial charge in [0.2, 0.25) is 0 Å². The van der Waals surface area contributed by atoms with E-state index in [9.17, 15) is 13.6 Å². The number of hydrogen-bond donors (Lipinski definition) is 1. The van der Waals surface area contributed by atoms with Crippen molar-refractivity contribution in [1.29, 1.82) is 0 Å². The van der Waals surface area contributed by atoms with E-state index in [1.54, 1.807) is 18.3 Å². The second-order valence-electron chi connectivity index (χ2n) is 8.85. The molecule has 1 atom stereocenters. The average molecular weight is 468 g/mol. The third-order valence-corrected chi connectivity index (χ3v) is 6.56. The molecule has 2 saturated heterocycles. The van der Waals surface area contributed by atoms with E-state index >= 15 is 0 Å². The van der Waals surface area contributed by atoms with E-state index in [0.29, 0.717) is 36.5 Å². The van der Waals surface area contributed by atoms with Gasteiger partial charge in [0.15, 0.2) is 11.6 Å². The first kappa shape index (κ1) is 22.5. The molecule has 0 unspecified atom stereocenters. The maximum Gasteiger partial charge on any atom is 0.253 e. The standard InChI is InChI=1S/C26H27F2N3O3/c27-22-8-5-19(14-23(22)28)24-15-29-25(30-24)17-9-11-31(12-10-17)26(32)18-3-6-20(7-4-18)34-16-21-2-1-13-33-21/h3-8,14-15,17,21H,1-2,9-13,16H2,(H,29,30)/t21-/m1/s1. The van der Waals surface area contributed by atoms with Gasteiger partial charge in [0.05, 0.1) is 18.0 Å². The lowest BCUT2D eigenvalue weighted by atomic mass is 9.95. The number of aromatic nitrogens is 2. The van der Waals surface area contributed by atoms with E-state index in [2.05, 4.69) is 9.97 Å². The molecule has 0 saturated carbocycles. The molecule has 2 aliphatic heterocycles. The smallest absolute Gasteiger partial charge is 0.253 e. The monoisotopic (exact) mass is 467 g/mol. The summed E-state index contributed by atoms with van der Waals surface area (Å²) in [7, 11) is 0. The molecule has 6 nitrogen and oxygen atoms in total. The van der Waals surface area contributed by atoms with Gasteiger partial charge in [-0.1, -0.05) is 0 Å². The minimum absolute atomic E-state index is 0.00560. The van der Waals surface area contributed by atoms with Crippen LogP contribution in [0.2, 0.25) is 0 Å². The highest BCUT2D eigenvalue weighted by molar-refractivity contribution is 5.94. The predicted octanol–water partition coefficient (Wildman–Crippen LogP) is 4.93. The molecule has 3 heterocycles. The van der Waals surface area contributed by atoms with Crippen molar-refractivity contribution in [3.8, 4) is 17.0 Å². The largest absolute Gasteiger partial charge is 0.491 e. The van der Waals surface area contributed by atoms with E-state index in [0.717, 1.165) is 56.0 Å². The van der Waals surface area contributed by atoms with Gasteiger partial charge in [-0.25, -0.2) is 13.8 Å². The third-order valence-electron chi connectivity index (χ3n) is 6.56. The second-order valence-corrected chi connectivity index (χ2v) is 8.85. The number of likely N-dealkylation sites (tertiary alicyclic amines) is 1. The van der Waals surface area contributed by atoms with E-state index in [-0.39, 0.29) is 17.9 Å². The lowest BCUT2D eigenvalue weighted by Gasteiger charge is -2.31. The molecule has 0 bridgehead atoms. The molecule has 0 radical (unpaired) electrons. The molecule has 3 aromatic rings. The van der Waals surface area contributed by atoms with Crippen LogP contribution in [0, 0.1) is 11.6 Å². The Morgan fingerprint density at radius 3 is 2.59 bits per heavy atom. The summed E-state index contributed by atoms with van der Waals surface area (Å²) in [4.78, 5) is 22.5. The number of carbonyl (C=O) groups excluding carboxylic acids is 1. The topological polar surface area (TPSA) is 67.5 Å². The highest BCUT2D eigenvalue weighted by Crippen LogP contribution is 2.29. The number of carbonyl (C=O) groups is 1. The lowest BCUT2D eigenvalue weighted by Crippen LogP contribution is -2.38. The molecular formula is C26H27F2N3O3. The zero-order chi connectivity index (χ0) is 23.5. The maximum absolute atomic E-state index is 13.6. The van der Waals surface area contributed by atoms with Crippen LogP contribution in [0.1, 0.15) is 47.8 Å². The van der Waals surface area contributed by atoms with Crippen molar-refractivity contribution in [2.75, 3.05) is 26.3 Å². The summed E-state index contributed by atoms with van der Waals surface area (Å²) in [5.41, 5.74) is 1.84. The molecule has 2 aliphatic rings. The van der Waals surface area contributed by atoms with Gasteiger partial charge in [-0.15, -0.1) is 0 Å². The molecule has 2 fully saturated rings. The predicted molar refractivity (Wildman–Crippen MR) is 123 cm³/mol. The number of nitrogens with zero attached hydrogens (tertiary/aromatic N) is 2. The van der Waals surface area contributed by atoms with Gasteiger partial charge in [0.25, 0.3) is 5.91 Å². The number of rotatable bonds is 6. The Labute approximate surface area is 196 Å². The summed E-state index contributed by atoms with van der Waals surface area (Å²) in [6, 6.07) is 11.1. The van der Waals surface area contributed by atoms with Crippen LogP contribution < -0.4 is 4.74 Å². The lowest BCUT2D eigenvalue weighted by molar-refractivity contribution is 0.0677. The Balaban J connectivity index is 1.15. The quantitative estimate of drug-likeness (QED) is 0.558. The van der Waals surface area contributed by atoms with Crippen LogP contribution in [0.4, 0.5) is 8.78 Å². The van der Waals surface area contributed by atoms with Gasteiger partial charge in [-0.3, -0.25) is 4.79 Å². The van der Waals surface area contributed by atoms with Crippen molar-refractivity contribution in [3.63, 3.8) is 0 Å². The van der Waals surface area contributed by atoms with Gasteiger partial charge < -0.3 is 19.4 Å². The zero-order valence-electron chi connectivity index (χ0n) is 18.8. The minimum Gasteiger partial charge on any atom is -0.491 e.